The topological polar surface area (TPSA) is 46.3 Å². The first kappa shape index (κ1) is 13.8. The number of thiophene rings is 1. The number of hydrogen-bond donors (Lipinski definition) is 1. The maximum atomic E-state index is 12.5. The van der Waals surface area contributed by atoms with E-state index < -0.39 is 0 Å². The summed E-state index contributed by atoms with van der Waals surface area (Å²) in [5.41, 5.74) is 6.75. The highest BCUT2D eigenvalue weighted by Gasteiger charge is 2.22. The summed E-state index contributed by atoms with van der Waals surface area (Å²) in [6.07, 6.45) is 0. The molecule has 1 aromatic carbocycles. The normalized spacial score (nSPS) is 12.1. The lowest BCUT2D eigenvalue weighted by molar-refractivity contribution is -0.131. The van der Waals surface area contributed by atoms with E-state index in [1.807, 2.05) is 54.9 Å². The molecule has 1 amide bonds. The number of rotatable bonds is 5. The third-order valence-corrected chi connectivity index (χ3v) is 3.95. The van der Waals surface area contributed by atoms with Crippen molar-refractivity contribution in [2.75, 3.05) is 13.6 Å². The summed E-state index contributed by atoms with van der Waals surface area (Å²) in [6, 6.07) is 13.7. The van der Waals surface area contributed by atoms with Crippen molar-refractivity contribution in [3.63, 3.8) is 0 Å². The zero-order valence-corrected chi connectivity index (χ0v) is 11.8. The summed E-state index contributed by atoms with van der Waals surface area (Å²) < 4.78 is 0. The monoisotopic (exact) mass is 274 g/mol. The molecule has 3 nitrogen and oxygen atoms in total. The van der Waals surface area contributed by atoms with Crippen molar-refractivity contribution in [1.82, 2.24) is 4.90 Å². The second kappa shape index (κ2) is 6.50. The van der Waals surface area contributed by atoms with Gasteiger partial charge in [0.05, 0.1) is 12.5 Å². The van der Waals surface area contributed by atoms with Gasteiger partial charge in [0.25, 0.3) is 0 Å². The smallest absolute Gasteiger partial charge is 0.231 e. The van der Waals surface area contributed by atoms with Gasteiger partial charge in [-0.1, -0.05) is 36.4 Å². The molecule has 0 spiro atoms. The van der Waals surface area contributed by atoms with Crippen molar-refractivity contribution in [3.05, 3.63) is 58.3 Å². The maximum absolute atomic E-state index is 12.5. The van der Waals surface area contributed by atoms with Crippen LogP contribution in [0.15, 0.2) is 47.8 Å². The molecule has 0 aliphatic carbocycles. The van der Waals surface area contributed by atoms with E-state index >= 15 is 0 Å². The minimum Gasteiger partial charge on any atom is -0.340 e. The quantitative estimate of drug-likeness (QED) is 0.910. The Morgan fingerprint density at radius 2 is 2.00 bits per heavy atom. The fourth-order valence-electron chi connectivity index (χ4n) is 2.05. The molecule has 2 rings (SSSR count). The van der Waals surface area contributed by atoms with Crippen molar-refractivity contribution < 1.29 is 4.79 Å². The van der Waals surface area contributed by atoms with Crippen LogP contribution in [0.4, 0.5) is 0 Å². The van der Waals surface area contributed by atoms with Gasteiger partial charge >= 0.3 is 0 Å². The molecule has 4 heteroatoms. The predicted molar refractivity (Wildman–Crippen MR) is 79.0 cm³/mol. The average Bonchev–Trinajstić information content (AvgIpc) is 2.93. The molecule has 0 radical (unpaired) electrons. The van der Waals surface area contributed by atoms with Gasteiger partial charge in [-0.15, -0.1) is 11.3 Å². The third kappa shape index (κ3) is 3.43. The molecule has 1 aromatic heterocycles. The van der Waals surface area contributed by atoms with Gasteiger partial charge < -0.3 is 10.6 Å². The molecule has 1 unspecified atom stereocenters. The lowest BCUT2D eigenvalue weighted by atomic mass is 9.98. The summed E-state index contributed by atoms with van der Waals surface area (Å²) in [5, 5.41) is 2.02. The van der Waals surface area contributed by atoms with Crippen LogP contribution >= 0.6 is 11.3 Å². The predicted octanol–water partition coefficient (Wildman–Crippen LogP) is 2.45. The summed E-state index contributed by atoms with van der Waals surface area (Å²) in [6.45, 7) is 0.970. The lowest BCUT2D eigenvalue weighted by Gasteiger charge is -2.22. The number of likely N-dealkylation sites (N-methyl/N-ethyl adjacent to an activating group) is 1. The van der Waals surface area contributed by atoms with E-state index in [-0.39, 0.29) is 11.8 Å². The van der Waals surface area contributed by atoms with Gasteiger partial charge in [0.2, 0.25) is 5.91 Å². The Bertz CT molecular complexity index is 510. The fraction of sp³-hybridized carbons (Fsp3) is 0.267. The maximum Gasteiger partial charge on any atom is 0.231 e. The number of nitrogens with zero attached hydrogens (tertiary/aromatic N) is 1. The zero-order chi connectivity index (χ0) is 13.7. The molecule has 1 atom stereocenters. The lowest BCUT2D eigenvalue weighted by Crippen LogP contribution is -2.34. The van der Waals surface area contributed by atoms with Gasteiger partial charge in [0.15, 0.2) is 0 Å². The second-order valence-corrected chi connectivity index (χ2v) is 5.50. The molecule has 100 valence electrons. The molecule has 0 saturated heterocycles. The standard InChI is InChI=1S/C15H18N2OS/c1-17(11-13-8-5-9-19-13)15(18)14(10-16)12-6-3-2-4-7-12/h2-9,14H,10-11,16H2,1H3. The van der Waals surface area contributed by atoms with E-state index in [1.54, 1.807) is 16.2 Å². The number of nitrogens with two attached hydrogens (primary N) is 1. The number of carbonyl (C=O) groups is 1. The van der Waals surface area contributed by atoms with Gasteiger partial charge in [0, 0.05) is 18.5 Å². The molecular formula is C15H18N2OS. The zero-order valence-electron chi connectivity index (χ0n) is 11.0. The molecule has 0 saturated carbocycles. The van der Waals surface area contributed by atoms with Crippen LogP contribution in [0.5, 0.6) is 0 Å². The van der Waals surface area contributed by atoms with Crippen molar-refractivity contribution in [2.45, 2.75) is 12.5 Å². The SMILES string of the molecule is CN(Cc1cccs1)C(=O)C(CN)c1ccccc1. The minimum absolute atomic E-state index is 0.0714. The molecule has 2 aromatic rings. The molecule has 0 aliphatic rings. The Morgan fingerprint density at radius 3 is 2.58 bits per heavy atom. The van der Waals surface area contributed by atoms with Crippen LogP contribution in [0.25, 0.3) is 0 Å². The molecular weight excluding hydrogens is 256 g/mol. The second-order valence-electron chi connectivity index (χ2n) is 4.47. The molecule has 0 fully saturated rings. The van der Waals surface area contributed by atoms with Crippen LogP contribution in [0.1, 0.15) is 16.4 Å². The van der Waals surface area contributed by atoms with Gasteiger partial charge in [-0.25, -0.2) is 0 Å². The molecule has 1 heterocycles. The van der Waals surface area contributed by atoms with Crippen LogP contribution < -0.4 is 5.73 Å². The Labute approximate surface area is 117 Å². The van der Waals surface area contributed by atoms with Crippen LogP contribution in [-0.4, -0.2) is 24.4 Å². The highest BCUT2D eigenvalue weighted by atomic mass is 32.1. The number of hydrogen-bond acceptors (Lipinski definition) is 3. The molecule has 19 heavy (non-hydrogen) atoms. The average molecular weight is 274 g/mol. The van der Waals surface area contributed by atoms with Gasteiger partial charge in [-0.05, 0) is 17.0 Å². The first-order chi connectivity index (χ1) is 9.22. The minimum atomic E-state index is -0.258. The van der Waals surface area contributed by atoms with Crippen molar-refractivity contribution in [2.24, 2.45) is 5.73 Å². The summed E-state index contributed by atoms with van der Waals surface area (Å²) in [4.78, 5) is 15.4. The Morgan fingerprint density at radius 1 is 1.26 bits per heavy atom. The molecule has 2 N–H and O–H groups in total. The highest BCUT2D eigenvalue weighted by Crippen LogP contribution is 2.19. The van der Waals surface area contributed by atoms with Crippen LogP contribution in [0.2, 0.25) is 0 Å². The first-order valence-corrected chi connectivity index (χ1v) is 7.12. The van der Waals surface area contributed by atoms with Crippen LogP contribution in [0.3, 0.4) is 0 Å². The number of benzene rings is 1. The van der Waals surface area contributed by atoms with Crippen molar-refractivity contribution in [1.29, 1.82) is 0 Å². The fourth-order valence-corrected chi connectivity index (χ4v) is 2.80. The summed E-state index contributed by atoms with van der Waals surface area (Å²) in [7, 11) is 1.83. The Balaban J connectivity index is 2.08. The van der Waals surface area contributed by atoms with Gasteiger partial charge in [-0.2, -0.15) is 0 Å². The van der Waals surface area contributed by atoms with Gasteiger partial charge in [0.1, 0.15) is 0 Å². The number of amides is 1. The van der Waals surface area contributed by atoms with Crippen molar-refractivity contribution >= 4 is 17.2 Å². The van der Waals surface area contributed by atoms with E-state index in [1.165, 1.54) is 4.88 Å². The molecule has 0 aliphatic heterocycles. The van der Waals surface area contributed by atoms with Gasteiger partial charge in [-0.3, -0.25) is 4.79 Å². The highest BCUT2D eigenvalue weighted by molar-refractivity contribution is 7.09. The third-order valence-electron chi connectivity index (χ3n) is 3.09. The van der Waals surface area contributed by atoms with E-state index in [0.29, 0.717) is 13.1 Å². The molecule has 0 bridgehead atoms. The van der Waals surface area contributed by atoms with E-state index in [4.69, 9.17) is 5.73 Å². The van der Waals surface area contributed by atoms with E-state index in [2.05, 4.69) is 0 Å². The Kier molecular flexibility index (Phi) is 4.71. The summed E-state index contributed by atoms with van der Waals surface area (Å²) >= 11 is 1.66. The Hall–Kier alpha value is -1.65. The van der Waals surface area contributed by atoms with E-state index in [9.17, 15) is 4.79 Å². The van der Waals surface area contributed by atoms with Crippen LogP contribution in [0, 0.1) is 0 Å². The largest absolute Gasteiger partial charge is 0.340 e. The number of carbonyl (C=O) groups excluding carboxylic acids is 1. The van der Waals surface area contributed by atoms with Crippen molar-refractivity contribution in [3.8, 4) is 0 Å². The summed E-state index contributed by atoms with van der Waals surface area (Å²) in [5.74, 6) is -0.187. The van der Waals surface area contributed by atoms with E-state index in [0.717, 1.165) is 5.56 Å². The first-order valence-electron chi connectivity index (χ1n) is 6.24. The van der Waals surface area contributed by atoms with Crippen LogP contribution in [-0.2, 0) is 11.3 Å².